The molecule has 0 fully saturated rings. The van der Waals surface area contributed by atoms with Gasteiger partial charge in [-0.1, -0.05) is 24.3 Å². The van der Waals surface area contributed by atoms with Crippen LogP contribution in [0.2, 0.25) is 0 Å². The number of aryl methyl sites for hydroxylation is 4. The van der Waals surface area contributed by atoms with Crippen LogP contribution in [0, 0.1) is 10.1 Å². The minimum Gasteiger partial charge on any atom is -0.497 e. The van der Waals surface area contributed by atoms with Gasteiger partial charge in [-0.05, 0) is 129 Å². The molecule has 0 saturated heterocycles. The highest BCUT2D eigenvalue weighted by Gasteiger charge is 2.21. The fourth-order valence-corrected chi connectivity index (χ4v) is 5.31. The standard InChI is InChI=1S/C35H37NO6/c1-22(2)40-29-13-15-31-27(21-29)11-7-25-9-17-34(41-23(3)4)35(19-25)42-33-16-8-24(18-32(33)36(37)38)6-10-26-20-28(39-5)12-14-30(26)31/h8-9,12-23H,6-7,10-11H2,1-5H3. The molecule has 2 aliphatic heterocycles. The van der Waals surface area contributed by atoms with Crippen molar-refractivity contribution in [3.8, 4) is 39.9 Å². The highest BCUT2D eigenvalue weighted by Crippen LogP contribution is 2.40. The molecule has 0 radical (unpaired) electrons. The first-order chi connectivity index (χ1) is 20.2. The Bertz CT molecular complexity index is 1590. The average Bonchev–Trinajstić information content (AvgIpc) is 2.95. The van der Waals surface area contributed by atoms with Gasteiger partial charge in [0.1, 0.15) is 11.5 Å². The van der Waals surface area contributed by atoms with Crippen molar-refractivity contribution < 1.29 is 23.9 Å². The van der Waals surface area contributed by atoms with Gasteiger partial charge in [0.05, 0.1) is 24.2 Å². The largest absolute Gasteiger partial charge is 0.497 e. The van der Waals surface area contributed by atoms with Crippen LogP contribution in [-0.2, 0) is 25.7 Å². The van der Waals surface area contributed by atoms with Gasteiger partial charge in [0.25, 0.3) is 0 Å². The fraction of sp³-hybridized carbons (Fsp3) is 0.314. The molecule has 2 aliphatic rings. The first kappa shape index (κ1) is 29.0. The number of fused-ring (bicyclic) bond motifs is 4. The van der Waals surface area contributed by atoms with E-state index in [1.807, 2.05) is 64.1 Å². The van der Waals surface area contributed by atoms with Gasteiger partial charge in [-0.15, -0.1) is 0 Å². The SMILES string of the molecule is COc1ccc2c(c1)CCc1ccc(c([N+](=O)[O-])c1)Oc1cc(ccc1OC(C)C)CCc1cc(OC(C)C)ccc1-2. The third kappa shape index (κ3) is 6.68. The first-order valence-electron chi connectivity index (χ1n) is 14.4. The Labute approximate surface area is 247 Å². The molecular formula is C35H37NO6. The zero-order valence-corrected chi connectivity index (χ0v) is 24.8. The summed E-state index contributed by atoms with van der Waals surface area (Å²) in [4.78, 5) is 11.7. The third-order valence-electron chi connectivity index (χ3n) is 7.23. The van der Waals surface area contributed by atoms with E-state index in [0.29, 0.717) is 24.3 Å². The van der Waals surface area contributed by atoms with Crippen LogP contribution in [0.4, 0.5) is 5.69 Å². The highest BCUT2D eigenvalue weighted by molar-refractivity contribution is 5.73. The minimum absolute atomic E-state index is 0.0640. The van der Waals surface area contributed by atoms with E-state index in [-0.39, 0.29) is 23.6 Å². The molecule has 0 unspecified atom stereocenters. The summed E-state index contributed by atoms with van der Waals surface area (Å²) in [5, 5.41) is 12.1. The topological polar surface area (TPSA) is 80.1 Å². The number of rotatable bonds is 6. The minimum atomic E-state index is -0.390. The number of hydrogen-bond acceptors (Lipinski definition) is 6. The zero-order valence-electron chi connectivity index (χ0n) is 24.8. The van der Waals surface area contributed by atoms with Gasteiger partial charge in [0.2, 0.25) is 5.75 Å². The van der Waals surface area contributed by atoms with Crippen LogP contribution >= 0.6 is 0 Å². The van der Waals surface area contributed by atoms with Crippen molar-refractivity contribution in [3.05, 3.63) is 105 Å². The third-order valence-corrected chi connectivity index (χ3v) is 7.23. The molecule has 218 valence electrons. The van der Waals surface area contributed by atoms with Crippen LogP contribution < -0.4 is 18.9 Å². The molecule has 0 amide bonds. The molecule has 7 heteroatoms. The summed E-state index contributed by atoms with van der Waals surface area (Å²) in [5.41, 5.74) is 6.34. The summed E-state index contributed by atoms with van der Waals surface area (Å²) in [7, 11) is 1.66. The lowest BCUT2D eigenvalue weighted by Gasteiger charge is -2.19. The van der Waals surface area contributed by atoms with Gasteiger partial charge in [-0.25, -0.2) is 0 Å². The Balaban J connectivity index is 1.67. The number of nitrogens with zero attached hydrogens (tertiary/aromatic N) is 1. The predicted octanol–water partition coefficient (Wildman–Crippen LogP) is 8.52. The molecule has 7 nitrogen and oxygen atoms in total. The second-order valence-electron chi connectivity index (χ2n) is 11.1. The van der Waals surface area contributed by atoms with Crippen molar-refractivity contribution in [1.82, 2.24) is 0 Å². The fourth-order valence-electron chi connectivity index (χ4n) is 5.31. The van der Waals surface area contributed by atoms with E-state index < -0.39 is 4.92 Å². The van der Waals surface area contributed by atoms with Crippen LogP contribution in [-0.4, -0.2) is 24.2 Å². The lowest BCUT2D eigenvalue weighted by molar-refractivity contribution is -0.385. The van der Waals surface area contributed by atoms with Crippen LogP contribution in [0.3, 0.4) is 0 Å². The molecule has 4 bridgehead atoms. The number of methoxy groups -OCH3 is 1. The van der Waals surface area contributed by atoms with E-state index in [1.54, 1.807) is 19.2 Å². The highest BCUT2D eigenvalue weighted by atomic mass is 16.6. The van der Waals surface area contributed by atoms with Crippen molar-refractivity contribution in [1.29, 1.82) is 0 Å². The smallest absolute Gasteiger partial charge is 0.311 e. The van der Waals surface area contributed by atoms with E-state index >= 15 is 0 Å². The van der Waals surface area contributed by atoms with Gasteiger partial charge in [-0.3, -0.25) is 10.1 Å². The summed E-state index contributed by atoms with van der Waals surface area (Å²) < 4.78 is 23.9. The lowest BCUT2D eigenvalue weighted by Crippen LogP contribution is -2.08. The van der Waals surface area contributed by atoms with Crippen LogP contribution in [0.5, 0.6) is 28.7 Å². The number of hydrogen-bond donors (Lipinski definition) is 0. The molecule has 0 N–H and O–H groups in total. The first-order valence-corrected chi connectivity index (χ1v) is 14.4. The quantitative estimate of drug-likeness (QED) is 0.172. The van der Waals surface area contributed by atoms with E-state index in [9.17, 15) is 10.1 Å². The zero-order chi connectivity index (χ0) is 29.8. The Morgan fingerprint density at radius 2 is 1.29 bits per heavy atom. The van der Waals surface area contributed by atoms with Crippen LogP contribution in [0.15, 0.2) is 72.8 Å². The molecule has 0 spiro atoms. The lowest BCUT2D eigenvalue weighted by atomic mass is 9.89. The maximum Gasteiger partial charge on any atom is 0.311 e. The monoisotopic (exact) mass is 567 g/mol. The molecule has 0 aliphatic carbocycles. The number of ether oxygens (including phenoxy) is 4. The molecule has 0 atom stereocenters. The Morgan fingerprint density at radius 3 is 1.90 bits per heavy atom. The summed E-state index contributed by atoms with van der Waals surface area (Å²) in [5.74, 6) is 2.80. The second kappa shape index (κ2) is 12.6. The molecule has 0 aromatic heterocycles. The Kier molecular flexibility index (Phi) is 8.67. The summed E-state index contributed by atoms with van der Waals surface area (Å²) >= 11 is 0. The van der Waals surface area contributed by atoms with E-state index in [1.165, 1.54) is 5.56 Å². The predicted molar refractivity (Wildman–Crippen MR) is 164 cm³/mol. The van der Waals surface area contributed by atoms with Crippen LogP contribution in [0.25, 0.3) is 11.1 Å². The van der Waals surface area contributed by atoms with E-state index in [4.69, 9.17) is 18.9 Å². The van der Waals surface area contributed by atoms with Crippen molar-refractivity contribution in [2.75, 3.05) is 7.11 Å². The summed E-state index contributed by atoms with van der Waals surface area (Å²) in [6.45, 7) is 7.93. The number of benzene rings is 4. The maximum absolute atomic E-state index is 12.1. The van der Waals surface area contributed by atoms with Crippen LogP contribution in [0.1, 0.15) is 49.9 Å². The molecule has 42 heavy (non-hydrogen) atoms. The number of nitro groups is 1. The molecule has 4 aromatic carbocycles. The van der Waals surface area contributed by atoms with Gasteiger partial charge >= 0.3 is 5.69 Å². The van der Waals surface area contributed by atoms with Gasteiger partial charge < -0.3 is 18.9 Å². The van der Waals surface area contributed by atoms with Gasteiger partial charge in [0, 0.05) is 6.07 Å². The van der Waals surface area contributed by atoms with Crippen molar-refractivity contribution in [3.63, 3.8) is 0 Å². The number of nitro benzene ring substituents is 1. The van der Waals surface area contributed by atoms with Gasteiger partial charge in [-0.2, -0.15) is 0 Å². The normalized spacial score (nSPS) is 12.8. The van der Waals surface area contributed by atoms with Gasteiger partial charge in [0.15, 0.2) is 11.5 Å². The van der Waals surface area contributed by atoms with Crippen molar-refractivity contribution in [2.45, 2.75) is 65.6 Å². The summed E-state index contributed by atoms with van der Waals surface area (Å²) in [6, 6.07) is 23.5. The molecular weight excluding hydrogens is 530 g/mol. The second-order valence-corrected chi connectivity index (χ2v) is 11.1. The maximum atomic E-state index is 12.1. The summed E-state index contributed by atoms with van der Waals surface area (Å²) in [6.07, 6.45) is 2.76. The Morgan fingerprint density at radius 1 is 0.690 bits per heavy atom. The van der Waals surface area contributed by atoms with Crippen molar-refractivity contribution in [2.24, 2.45) is 0 Å². The average molecular weight is 568 g/mol. The molecule has 2 heterocycles. The van der Waals surface area contributed by atoms with E-state index in [0.717, 1.165) is 52.2 Å². The van der Waals surface area contributed by atoms with Crippen molar-refractivity contribution >= 4 is 5.69 Å². The van der Waals surface area contributed by atoms with E-state index in [2.05, 4.69) is 24.3 Å². The molecule has 0 saturated carbocycles. The Hall–Kier alpha value is -4.52. The molecule has 6 rings (SSSR count). The molecule has 4 aromatic rings.